The number of pyridine rings is 1. The highest BCUT2D eigenvalue weighted by atomic mass is 16.5. The first kappa shape index (κ1) is 13.2. The average Bonchev–Trinajstić information content (AvgIpc) is 2.81. The molecule has 0 unspecified atom stereocenters. The summed E-state index contributed by atoms with van der Waals surface area (Å²) in [7, 11) is 3.22. The van der Waals surface area contributed by atoms with Gasteiger partial charge in [-0.1, -0.05) is 0 Å². The minimum absolute atomic E-state index is 0.356. The Morgan fingerprint density at radius 1 is 1.05 bits per heavy atom. The smallest absolute Gasteiger partial charge is 0.207 e. The van der Waals surface area contributed by atoms with Crippen molar-refractivity contribution in [2.75, 3.05) is 20.0 Å². The van der Waals surface area contributed by atoms with Crippen LogP contribution >= 0.6 is 0 Å². The summed E-state index contributed by atoms with van der Waals surface area (Å²) in [6.07, 6.45) is 0. The van der Waals surface area contributed by atoms with E-state index in [4.69, 9.17) is 15.2 Å². The summed E-state index contributed by atoms with van der Waals surface area (Å²) in [6, 6.07) is 9.31. The number of benzene rings is 1. The average molecular weight is 284 g/mol. The van der Waals surface area contributed by atoms with Gasteiger partial charge in [0.1, 0.15) is 17.0 Å². The number of hydrogen-bond acceptors (Lipinski definition) is 5. The molecule has 2 heterocycles. The van der Waals surface area contributed by atoms with Gasteiger partial charge in [0.05, 0.1) is 19.9 Å². The Bertz CT molecular complexity index is 811. The number of imidazole rings is 1. The molecule has 0 amide bonds. The molecular formula is C15H16N4O2. The minimum Gasteiger partial charge on any atom is -0.497 e. The zero-order valence-electron chi connectivity index (χ0n) is 12.1. The second-order valence-corrected chi connectivity index (χ2v) is 4.64. The van der Waals surface area contributed by atoms with Crippen molar-refractivity contribution in [3.05, 3.63) is 36.0 Å². The van der Waals surface area contributed by atoms with Gasteiger partial charge in [0.2, 0.25) is 5.95 Å². The third-order valence-corrected chi connectivity index (χ3v) is 3.30. The van der Waals surface area contributed by atoms with E-state index in [-0.39, 0.29) is 0 Å². The summed E-state index contributed by atoms with van der Waals surface area (Å²) in [5, 5.41) is 0. The first-order valence-corrected chi connectivity index (χ1v) is 6.48. The van der Waals surface area contributed by atoms with E-state index in [1.807, 2.05) is 37.3 Å². The van der Waals surface area contributed by atoms with Crippen molar-refractivity contribution < 1.29 is 9.47 Å². The molecule has 1 aromatic carbocycles. The Balaban J connectivity index is 2.33. The summed E-state index contributed by atoms with van der Waals surface area (Å²) in [5.74, 6) is 1.74. The predicted octanol–water partition coefficient (Wildman–Crippen LogP) is 2.33. The minimum atomic E-state index is 0.356. The maximum atomic E-state index is 6.07. The molecule has 0 aliphatic carbocycles. The molecule has 3 aromatic rings. The highest BCUT2D eigenvalue weighted by Crippen LogP contribution is 2.31. The highest BCUT2D eigenvalue weighted by molar-refractivity contribution is 5.78. The normalized spacial score (nSPS) is 10.8. The van der Waals surface area contributed by atoms with E-state index in [0.29, 0.717) is 23.1 Å². The van der Waals surface area contributed by atoms with Crippen LogP contribution in [0.4, 0.5) is 5.95 Å². The molecule has 6 nitrogen and oxygen atoms in total. The molecule has 0 bridgehead atoms. The van der Waals surface area contributed by atoms with Crippen LogP contribution in [-0.4, -0.2) is 28.8 Å². The lowest BCUT2D eigenvalue weighted by Crippen LogP contribution is -2.04. The Morgan fingerprint density at radius 3 is 2.57 bits per heavy atom. The number of nitrogens with two attached hydrogens (primary N) is 1. The standard InChI is InChI=1S/C15H16N4O2/c1-9-4-6-11-14(17-9)19(15(16)18-11)12-8-10(20-2)5-7-13(12)21-3/h4-8H,1-3H3,(H2,16,18). The summed E-state index contributed by atoms with van der Waals surface area (Å²) in [5.41, 5.74) is 9.14. The first-order chi connectivity index (χ1) is 10.1. The Kier molecular flexibility index (Phi) is 3.13. The van der Waals surface area contributed by atoms with Crippen molar-refractivity contribution >= 4 is 17.1 Å². The molecule has 108 valence electrons. The SMILES string of the molecule is COc1ccc(OC)c(-n2c(N)nc3ccc(C)nc32)c1. The maximum absolute atomic E-state index is 6.07. The third-order valence-electron chi connectivity index (χ3n) is 3.30. The van der Waals surface area contributed by atoms with E-state index in [9.17, 15) is 0 Å². The number of methoxy groups -OCH3 is 2. The lowest BCUT2D eigenvalue weighted by atomic mass is 10.2. The van der Waals surface area contributed by atoms with E-state index in [2.05, 4.69) is 9.97 Å². The first-order valence-electron chi connectivity index (χ1n) is 6.48. The molecule has 0 saturated heterocycles. The van der Waals surface area contributed by atoms with Crippen molar-refractivity contribution in [1.82, 2.24) is 14.5 Å². The van der Waals surface area contributed by atoms with E-state index >= 15 is 0 Å². The number of ether oxygens (including phenoxy) is 2. The molecule has 0 radical (unpaired) electrons. The number of fused-ring (bicyclic) bond motifs is 1. The van der Waals surface area contributed by atoms with Gasteiger partial charge in [-0.15, -0.1) is 0 Å². The van der Waals surface area contributed by atoms with E-state index in [0.717, 1.165) is 16.9 Å². The zero-order chi connectivity index (χ0) is 15.0. The van der Waals surface area contributed by atoms with Crippen molar-refractivity contribution in [2.24, 2.45) is 0 Å². The van der Waals surface area contributed by atoms with Gasteiger partial charge >= 0.3 is 0 Å². The Labute approximate surface area is 122 Å². The number of aryl methyl sites for hydroxylation is 1. The molecule has 21 heavy (non-hydrogen) atoms. The molecule has 2 N–H and O–H groups in total. The highest BCUT2D eigenvalue weighted by Gasteiger charge is 2.16. The van der Waals surface area contributed by atoms with Crippen LogP contribution in [0.15, 0.2) is 30.3 Å². The summed E-state index contributed by atoms with van der Waals surface area (Å²) >= 11 is 0. The molecule has 0 aliphatic rings. The number of hydrogen-bond donors (Lipinski definition) is 1. The van der Waals surface area contributed by atoms with Crippen LogP contribution in [0.3, 0.4) is 0 Å². The largest absolute Gasteiger partial charge is 0.497 e. The lowest BCUT2D eigenvalue weighted by Gasteiger charge is -2.12. The summed E-state index contributed by atoms with van der Waals surface area (Å²) in [4.78, 5) is 8.87. The van der Waals surface area contributed by atoms with Gasteiger partial charge in [-0.05, 0) is 31.2 Å². The second-order valence-electron chi connectivity index (χ2n) is 4.64. The van der Waals surface area contributed by atoms with Crippen molar-refractivity contribution in [3.8, 4) is 17.2 Å². The lowest BCUT2D eigenvalue weighted by molar-refractivity contribution is 0.402. The number of anilines is 1. The second kappa shape index (κ2) is 4.97. The summed E-state index contributed by atoms with van der Waals surface area (Å²) in [6.45, 7) is 1.93. The van der Waals surface area contributed by atoms with Crippen LogP contribution in [0.5, 0.6) is 11.5 Å². The van der Waals surface area contributed by atoms with Crippen molar-refractivity contribution in [1.29, 1.82) is 0 Å². The van der Waals surface area contributed by atoms with Gasteiger partial charge in [-0.2, -0.15) is 0 Å². The fourth-order valence-corrected chi connectivity index (χ4v) is 2.28. The van der Waals surface area contributed by atoms with Crippen LogP contribution in [0, 0.1) is 6.92 Å². The maximum Gasteiger partial charge on any atom is 0.207 e. The zero-order valence-corrected chi connectivity index (χ0v) is 12.1. The van der Waals surface area contributed by atoms with E-state index < -0.39 is 0 Å². The molecule has 2 aromatic heterocycles. The molecule has 0 spiro atoms. The molecular weight excluding hydrogens is 268 g/mol. The van der Waals surface area contributed by atoms with Crippen molar-refractivity contribution in [3.63, 3.8) is 0 Å². The number of rotatable bonds is 3. The van der Waals surface area contributed by atoms with Gasteiger partial charge in [-0.3, -0.25) is 4.57 Å². The van der Waals surface area contributed by atoms with Gasteiger partial charge in [-0.25, -0.2) is 9.97 Å². The quantitative estimate of drug-likeness (QED) is 0.799. The molecule has 0 atom stereocenters. The number of nitrogens with zero attached hydrogens (tertiary/aromatic N) is 3. The summed E-state index contributed by atoms with van der Waals surface area (Å²) < 4.78 is 12.5. The fourth-order valence-electron chi connectivity index (χ4n) is 2.28. The van der Waals surface area contributed by atoms with Gasteiger partial charge in [0.25, 0.3) is 0 Å². The molecule has 0 fully saturated rings. The number of aromatic nitrogens is 3. The van der Waals surface area contributed by atoms with Crippen LogP contribution in [0.2, 0.25) is 0 Å². The predicted molar refractivity (Wildman–Crippen MR) is 81.1 cm³/mol. The van der Waals surface area contributed by atoms with Crippen LogP contribution < -0.4 is 15.2 Å². The van der Waals surface area contributed by atoms with E-state index in [1.54, 1.807) is 18.8 Å². The topological polar surface area (TPSA) is 75.2 Å². The molecule has 3 rings (SSSR count). The third kappa shape index (κ3) is 2.14. The van der Waals surface area contributed by atoms with E-state index in [1.165, 1.54) is 0 Å². The molecule has 0 saturated carbocycles. The Morgan fingerprint density at radius 2 is 1.86 bits per heavy atom. The van der Waals surface area contributed by atoms with Gasteiger partial charge in [0, 0.05) is 11.8 Å². The molecule has 6 heteroatoms. The van der Waals surface area contributed by atoms with Crippen LogP contribution in [0.25, 0.3) is 16.9 Å². The number of nitrogen functional groups attached to an aromatic ring is 1. The molecule has 0 aliphatic heterocycles. The van der Waals surface area contributed by atoms with Gasteiger partial charge < -0.3 is 15.2 Å². The van der Waals surface area contributed by atoms with Crippen LogP contribution in [-0.2, 0) is 0 Å². The van der Waals surface area contributed by atoms with Crippen LogP contribution in [0.1, 0.15) is 5.69 Å². The Hall–Kier alpha value is -2.76. The van der Waals surface area contributed by atoms with Crippen molar-refractivity contribution in [2.45, 2.75) is 6.92 Å². The van der Waals surface area contributed by atoms with Gasteiger partial charge in [0.15, 0.2) is 5.65 Å². The fraction of sp³-hybridized carbons (Fsp3) is 0.200. The monoisotopic (exact) mass is 284 g/mol.